The van der Waals surface area contributed by atoms with Crippen LogP contribution in [-0.4, -0.2) is 10.5 Å². The summed E-state index contributed by atoms with van der Waals surface area (Å²) < 4.78 is 14.3. The zero-order chi connectivity index (χ0) is 11.5. The van der Waals surface area contributed by atoms with Crippen LogP contribution in [0.2, 0.25) is 0 Å². The van der Waals surface area contributed by atoms with Crippen molar-refractivity contribution in [3.63, 3.8) is 0 Å². The highest BCUT2D eigenvalue weighted by molar-refractivity contribution is 5.96. The zero-order valence-electron chi connectivity index (χ0n) is 8.56. The van der Waals surface area contributed by atoms with Crippen LogP contribution in [0.3, 0.4) is 0 Å². The van der Waals surface area contributed by atoms with Gasteiger partial charge in [0.2, 0.25) is 0 Å². The van der Waals surface area contributed by atoms with Gasteiger partial charge in [-0.3, -0.25) is 9.36 Å². The number of nitrogens with zero attached hydrogens (tertiary/aromatic N) is 1. The molecule has 2 rings (SSSR count). The fraction of sp³-hybridized carbons (Fsp3) is 0.0833. The van der Waals surface area contributed by atoms with E-state index in [1.165, 1.54) is 22.8 Å². The summed E-state index contributed by atoms with van der Waals surface area (Å²) in [7, 11) is 0. The summed E-state index contributed by atoms with van der Waals surface area (Å²) in [6, 6.07) is 7.36. The van der Waals surface area contributed by atoms with Gasteiger partial charge in [0.1, 0.15) is 5.82 Å². The number of carbonyl (C=O) groups excluding carboxylic acids is 1. The monoisotopic (exact) mass is 218 g/mol. The van der Waals surface area contributed by atoms with Crippen LogP contribution in [0, 0.1) is 5.82 Å². The molecular weight excluding hydrogens is 207 g/mol. The molecule has 0 unspecified atom stereocenters. The van der Waals surface area contributed by atoms with Crippen LogP contribution in [0.15, 0.2) is 42.7 Å². The van der Waals surface area contributed by atoms with Crippen molar-refractivity contribution in [2.75, 3.05) is 0 Å². The van der Waals surface area contributed by atoms with Crippen molar-refractivity contribution < 1.29 is 9.18 Å². The molecule has 0 aliphatic carbocycles. The predicted molar refractivity (Wildman–Crippen MR) is 58.5 cm³/mol. The maximum absolute atomic E-state index is 12.9. The van der Waals surface area contributed by atoms with E-state index in [2.05, 4.69) is 0 Å². The lowest BCUT2D eigenvalue weighted by molar-refractivity contribution is 0.0959. The van der Waals surface area contributed by atoms with Crippen molar-refractivity contribution in [3.8, 4) is 0 Å². The Bertz CT molecular complexity index is 519. The molecule has 0 saturated heterocycles. The molecule has 2 N–H and O–H groups in total. The van der Waals surface area contributed by atoms with Gasteiger partial charge in [-0.2, -0.15) is 0 Å². The van der Waals surface area contributed by atoms with E-state index < -0.39 is 5.82 Å². The third-order valence-electron chi connectivity index (χ3n) is 2.30. The smallest absolute Gasteiger partial charge is 0.261 e. The van der Waals surface area contributed by atoms with Crippen molar-refractivity contribution in [1.29, 1.82) is 0 Å². The maximum Gasteiger partial charge on any atom is 0.261 e. The van der Waals surface area contributed by atoms with Gasteiger partial charge in [0.25, 0.3) is 5.91 Å². The van der Waals surface area contributed by atoms with Gasteiger partial charge in [-0.05, 0) is 29.8 Å². The van der Waals surface area contributed by atoms with E-state index in [-0.39, 0.29) is 5.91 Å². The maximum atomic E-state index is 12.9. The molecule has 1 aromatic heterocycles. The molecule has 3 nitrogen and oxygen atoms in total. The Morgan fingerprint density at radius 3 is 2.81 bits per heavy atom. The van der Waals surface area contributed by atoms with E-state index in [1.54, 1.807) is 24.5 Å². The van der Waals surface area contributed by atoms with Gasteiger partial charge in [0.05, 0.1) is 0 Å². The molecule has 0 spiro atoms. The Hall–Kier alpha value is -1.94. The van der Waals surface area contributed by atoms with Crippen LogP contribution >= 0.6 is 0 Å². The number of benzene rings is 1. The minimum atomic E-state index is -0.419. The van der Waals surface area contributed by atoms with Gasteiger partial charge in [-0.1, -0.05) is 6.07 Å². The molecule has 0 atom stereocenters. The zero-order valence-corrected chi connectivity index (χ0v) is 8.56. The average Bonchev–Trinajstić information content (AvgIpc) is 2.76. The summed E-state index contributed by atoms with van der Waals surface area (Å²) in [5, 5.41) is 0. The summed E-state index contributed by atoms with van der Waals surface area (Å²) in [6.07, 6.45) is 3.27. The van der Waals surface area contributed by atoms with Crippen LogP contribution in [-0.2, 0) is 6.54 Å². The van der Waals surface area contributed by atoms with Crippen molar-refractivity contribution in [1.82, 2.24) is 4.57 Å². The van der Waals surface area contributed by atoms with E-state index >= 15 is 0 Å². The Labute approximate surface area is 92.3 Å². The number of carbonyl (C=O) groups is 1. The lowest BCUT2D eigenvalue weighted by Crippen LogP contribution is -2.10. The Kier molecular flexibility index (Phi) is 2.83. The highest BCUT2D eigenvalue weighted by atomic mass is 19.1. The Morgan fingerprint density at radius 1 is 1.38 bits per heavy atom. The topological polar surface area (TPSA) is 48.0 Å². The molecule has 0 aliphatic rings. The first-order valence-electron chi connectivity index (χ1n) is 4.88. The molecule has 0 amide bonds. The molecule has 0 fully saturated rings. The average molecular weight is 218 g/mol. The largest absolute Gasteiger partial charge is 0.326 e. The number of hydrogen-bond donors (Lipinski definition) is 1. The van der Waals surface area contributed by atoms with E-state index in [4.69, 9.17) is 5.73 Å². The van der Waals surface area contributed by atoms with E-state index in [1.807, 2.05) is 0 Å². The van der Waals surface area contributed by atoms with Gasteiger partial charge < -0.3 is 5.73 Å². The Balaban J connectivity index is 2.31. The third kappa shape index (κ3) is 2.01. The van der Waals surface area contributed by atoms with Crippen LogP contribution < -0.4 is 5.73 Å². The first-order chi connectivity index (χ1) is 7.70. The highest BCUT2D eigenvalue weighted by Crippen LogP contribution is 2.08. The normalized spacial score (nSPS) is 10.4. The highest BCUT2D eigenvalue weighted by Gasteiger charge is 2.08. The molecule has 0 bridgehead atoms. The molecule has 0 aliphatic heterocycles. The fourth-order valence-corrected chi connectivity index (χ4v) is 1.46. The van der Waals surface area contributed by atoms with E-state index in [0.29, 0.717) is 12.1 Å². The first kappa shape index (κ1) is 10.6. The van der Waals surface area contributed by atoms with Crippen molar-refractivity contribution in [2.45, 2.75) is 6.54 Å². The van der Waals surface area contributed by atoms with Crippen LogP contribution in [0.5, 0.6) is 0 Å². The van der Waals surface area contributed by atoms with E-state index in [9.17, 15) is 9.18 Å². The van der Waals surface area contributed by atoms with Crippen LogP contribution in [0.25, 0.3) is 0 Å². The fourth-order valence-electron chi connectivity index (χ4n) is 1.46. The molecule has 1 heterocycles. The van der Waals surface area contributed by atoms with Crippen molar-refractivity contribution in [3.05, 3.63) is 59.7 Å². The van der Waals surface area contributed by atoms with Gasteiger partial charge in [0.15, 0.2) is 0 Å². The standard InChI is InChI=1S/C12H11FN2O/c13-11-3-1-2-10(6-11)12(16)15-5-4-9(7-14)8-15/h1-6,8H,7,14H2. The van der Waals surface area contributed by atoms with Gasteiger partial charge in [-0.15, -0.1) is 0 Å². The summed E-state index contributed by atoms with van der Waals surface area (Å²) in [6.45, 7) is 0.378. The van der Waals surface area contributed by atoms with Gasteiger partial charge in [-0.25, -0.2) is 4.39 Å². The lowest BCUT2D eigenvalue weighted by Gasteiger charge is -2.01. The van der Waals surface area contributed by atoms with E-state index in [0.717, 1.165) is 5.56 Å². The molecule has 0 radical (unpaired) electrons. The number of hydrogen-bond acceptors (Lipinski definition) is 2. The summed E-state index contributed by atoms with van der Waals surface area (Å²) in [5.74, 6) is -0.684. The second-order valence-electron chi connectivity index (χ2n) is 3.45. The number of rotatable bonds is 2. The van der Waals surface area contributed by atoms with Gasteiger partial charge in [0, 0.05) is 24.5 Å². The molecular formula is C12H11FN2O. The first-order valence-corrected chi connectivity index (χ1v) is 4.88. The molecule has 2 aromatic rings. The minimum absolute atomic E-state index is 0.265. The van der Waals surface area contributed by atoms with Gasteiger partial charge >= 0.3 is 0 Å². The van der Waals surface area contributed by atoms with Crippen molar-refractivity contribution in [2.24, 2.45) is 5.73 Å². The molecule has 16 heavy (non-hydrogen) atoms. The summed E-state index contributed by atoms with van der Waals surface area (Å²) in [5.41, 5.74) is 6.63. The number of nitrogens with two attached hydrogens (primary N) is 1. The van der Waals surface area contributed by atoms with Crippen LogP contribution in [0.4, 0.5) is 4.39 Å². The molecule has 4 heteroatoms. The lowest BCUT2D eigenvalue weighted by atomic mass is 10.2. The quantitative estimate of drug-likeness (QED) is 0.835. The molecule has 1 aromatic carbocycles. The predicted octanol–water partition coefficient (Wildman–Crippen LogP) is 1.77. The number of aromatic nitrogens is 1. The van der Waals surface area contributed by atoms with Crippen LogP contribution in [0.1, 0.15) is 15.9 Å². The minimum Gasteiger partial charge on any atom is -0.326 e. The van der Waals surface area contributed by atoms with Crippen molar-refractivity contribution >= 4 is 5.91 Å². The summed E-state index contributed by atoms with van der Waals surface area (Å²) >= 11 is 0. The Morgan fingerprint density at radius 2 is 2.19 bits per heavy atom. The molecule has 82 valence electrons. The SMILES string of the molecule is NCc1ccn(C(=O)c2cccc(F)c2)c1. The number of halogens is 1. The third-order valence-corrected chi connectivity index (χ3v) is 2.30. The molecule has 0 saturated carbocycles. The summed E-state index contributed by atoms with van der Waals surface area (Å²) in [4.78, 5) is 11.9. The second-order valence-corrected chi connectivity index (χ2v) is 3.45. The second kappa shape index (κ2) is 4.28.